The lowest BCUT2D eigenvalue weighted by atomic mass is 10.0. The van der Waals surface area contributed by atoms with Crippen LogP contribution in [0.4, 0.5) is 4.79 Å². The van der Waals surface area contributed by atoms with E-state index in [1.54, 1.807) is 25.1 Å². The summed E-state index contributed by atoms with van der Waals surface area (Å²) < 4.78 is 12.4. The molecule has 2 amide bonds. The molecular weight excluding hydrogens is 320 g/mol. The quantitative estimate of drug-likeness (QED) is 0.808. The molecule has 0 fully saturated rings. The first-order chi connectivity index (χ1) is 11.9. The number of carbonyl (C=O) groups is 1. The average molecular weight is 346 g/mol. The van der Waals surface area contributed by atoms with Crippen molar-refractivity contribution >= 4 is 6.03 Å². The summed E-state index contributed by atoms with van der Waals surface area (Å²) in [6, 6.07) is 5.22. The Morgan fingerprint density at radius 1 is 1.20 bits per heavy atom. The predicted molar refractivity (Wildman–Crippen MR) is 96.1 cm³/mol. The molecular formula is C18H26N4O3. The van der Waals surface area contributed by atoms with Crippen molar-refractivity contribution in [2.75, 3.05) is 14.2 Å². The molecule has 0 spiro atoms. The Labute approximate surface area is 148 Å². The van der Waals surface area contributed by atoms with E-state index in [4.69, 9.17) is 9.47 Å². The van der Waals surface area contributed by atoms with Gasteiger partial charge >= 0.3 is 6.03 Å². The molecule has 2 rings (SSSR count). The number of nitrogens with zero attached hydrogens (tertiary/aromatic N) is 2. The highest BCUT2D eigenvalue weighted by Gasteiger charge is 2.16. The Morgan fingerprint density at radius 2 is 1.88 bits per heavy atom. The molecule has 1 aromatic carbocycles. The Hall–Kier alpha value is -2.70. The van der Waals surface area contributed by atoms with E-state index in [-0.39, 0.29) is 18.1 Å². The highest BCUT2D eigenvalue weighted by Crippen LogP contribution is 2.32. The van der Waals surface area contributed by atoms with Crippen LogP contribution in [-0.4, -0.2) is 36.1 Å². The first kappa shape index (κ1) is 18.6. The summed E-state index contributed by atoms with van der Waals surface area (Å²) in [6.07, 6.45) is 3.58. The van der Waals surface area contributed by atoms with Crippen LogP contribution in [-0.2, 0) is 6.54 Å². The number of aryl methyl sites for hydroxylation is 1. The van der Waals surface area contributed by atoms with Gasteiger partial charge in [0.25, 0.3) is 0 Å². The normalized spacial score (nSPS) is 13.0. The number of aromatic nitrogens is 2. The standard InChI is InChI=1S/C18H26N4O3/c1-12-9-16(24-4)17(25-5)10-15(12)14(3)21-18(23)20-13(2)11-22-8-6-7-19-22/h6-10,13-14H,11H2,1-5H3,(H2,20,21,23)/t13-,14+/m1/s1. The lowest BCUT2D eigenvalue weighted by Crippen LogP contribution is -2.43. The van der Waals surface area contributed by atoms with Gasteiger partial charge in [0.05, 0.1) is 26.8 Å². The zero-order chi connectivity index (χ0) is 18.4. The van der Waals surface area contributed by atoms with Crippen LogP contribution in [0.5, 0.6) is 11.5 Å². The number of hydrogen-bond donors (Lipinski definition) is 2. The Morgan fingerprint density at radius 3 is 2.48 bits per heavy atom. The highest BCUT2D eigenvalue weighted by atomic mass is 16.5. The van der Waals surface area contributed by atoms with Crippen molar-refractivity contribution in [1.29, 1.82) is 0 Å². The van der Waals surface area contributed by atoms with E-state index in [9.17, 15) is 4.79 Å². The summed E-state index contributed by atoms with van der Waals surface area (Å²) in [5, 5.41) is 10.0. The van der Waals surface area contributed by atoms with Crippen molar-refractivity contribution in [3.63, 3.8) is 0 Å². The molecule has 1 heterocycles. The van der Waals surface area contributed by atoms with Crippen LogP contribution in [0.2, 0.25) is 0 Å². The fraction of sp³-hybridized carbons (Fsp3) is 0.444. The molecule has 0 bridgehead atoms. The third-order valence-electron chi connectivity index (χ3n) is 3.98. The minimum Gasteiger partial charge on any atom is -0.493 e. The largest absolute Gasteiger partial charge is 0.493 e. The maximum absolute atomic E-state index is 12.2. The molecule has 0 aliphatic heterocycles. The van der Waals surface area contributed by atoms with Crippen molar-refractivity contribution in [2.24, 2.45) is 0 Å². The molecule has 2 N–H and O–H groups in total. The first-order valence-corrected chi connectivity index (χ1v) is 8.21. The molecule has 7 nitrogen and oxygen atoms in total. The van der Waals surface area contributed by atoms with Crippen molar-refractivity contribution in [2.45, 2.75) is 39.4 Å². The first-order valence-electron chi connectivity index (χ1n) is 8.21. The van der Waals surface area contributed by atoms with Crippen LogP contribution in [0, 0.1) is 6.92 Å². The van der Waals surface area contributed by atoms with Crippen molar-refractivity contribution < 1.29 is 14.3 Å². The number of carbonyl (C=O) groups excluding carboxylic acids is 1. The fourth-order valence-corrected chi connectivity index (χ4v) is 2.74. The zero-order valence-electron chi connectivity index (χ0n) is 15.4. The van der Waals surface area contributed by atoms with Gasteiger partial charge in [-0.25, -0.2) is 4.79 Å². The number of benzene rings is 1. The molecule has 0 aliphatic carbocycles. The summed E-state index contributed by atoms with van der Waals surface area (Å²) in [4.78, 5) is 12.2. The van der Waals surface area contributed by atoms with Gasteiger partial charge in [0.1, 0.15) is 0 Å². The van der Waals surface area contributed by atoms with Gasteiger partial charge in [-0.05, 0) is 50.1 Å². The van der Waals surface area contributed by atoms with E-state index in [0.717, 1.165) is 11.1 Å². The van der Waals surface area contributed by atoms with Gasteiger partial charge in [-0.15, -0.1) is 0 Å². The minimum atomic E-state index is -0.221. The topological polar surface area (TPSA) is 77.4 Å². The second kappa shape index (κ2) is 8.41. The highest BCUT2D eigenvalue weighted by molar-refractivity contribution is 5.74. The molecule has 1 aromatic heterocycles. The Bertz CT molecular complexity index is 701. The summed E-state index contributed by atoms with van der Waals surface area (Å²) in [5.74, 6) is 1.32. The third-order valence-corrected chi connectivity index (χ3v) is 3.98. The molecule has 7 heteroatoms. The molecule has 0 unspecified atom stereocenters. The maximum atomic E-state index is 12.2. The van der Waals surface area contributed by atoms with Crippen LogP contribution in [0.25, 0.3) is 0 Å². The number of ether oxygens (including phenoxy) is 2. The lowest BCUT2D eigenvalue weighted by molar-refractivity contribution is 0.233. The second-order valence-electron chi connectivity index (χ2n) is 6.03. The smallest absolute Gasteiger partial charge is 0.315 e. The van der Waals surface area contributed by atoms with Crippen LogP contribution >= 0.6 is 0 Å². The van der Waals surface area contributed by atoms with Gasteiger partial charge in [0.2, 0.25) is 0 Å². The van der Waals surface area contributed by atoms with Gasteiger partial charge < -0.3 is 20.1 Å². The number of nitrogens with one attached hydrogen (secondary N) is 2. The molecule has 136 valence electrons. The molecule has 0 saturated carbocycles. The van der Waals surface area contributed by atoms with Crippen LogP contribution in [0.3, 0.4) is 0 Å². The number of amides is 2. The van der Waals surface area contributed by atoms with Gasteiger partial charge in [-0.1, -0.05) is 0 Å². The maximum Gasteiger partial charge on any atom is 0.315 e. The van der Waals surface area contributed by atoms with Gasteiger partial charge in [0, 0.05) is 18.4 Å². The lowest BCUT2D eigenvalue weighted by Gasteiger charge is -2.21. The van der Waals surface area contributed by atoms with Crippen molar-refractivity contribution in [3.8, 4) is 11.5 Å². The summed E-state index contributed by atoms with van der Waals surface area (Å²) in [5.41, 5.74) is 2.00. The van der Waals surface area contributed by atoms with Crippen LogP contribution < -0.4 is 20.1 Å². The molecule has 0 saturated heterocycles. The van der Waals surface area contributed by atoms with Crippen molar-refractivity contribution in [3.05, 3.63) is 41.7 Å². The average Bonchev–Trinajstić information content (AvgIpc) is 3.06. The molecule has 25 heavy (non-hydrogen) atoms. The number of rotatable bonds is 7. The van der Waals surface area contributed by atoms with Gasteiger partial charge in [0.15, 0.2) is 11.5 Å². The predicted octanol–water partition coefficient (Wildman–Crippen LogP) is 2.66. The Kier molecular flexibility index (Phi) is 6.27. The molecule has 0 radical (unpaired) electrons. The van der Waals surface area contributed by atoms with Gasteiger partial charge in [-0.2, -0.15) is 5.10 Å². The van der Waals surface area contributed by atoms with E-state index in [2.05, 4.69) is 15.7 Å². The second-order valence-corrected chi connectivity index (χ2v) is 6.03. The van der Waals surface area contributed by atoms with E-state index in [1.165, 1.54) is 0 Å². The van der Waals surface area contributed by atoms with E-state index in [1.807, 2.05) is 45.2 Å². The summed E-state index contributed by atoms with van der Waals surface area (Å²) in [6.45, 7) is 6.47. The van der Waals surface area contributed by atoms with Crippen molar-refractivity contribution in [1.82, 2.24) is 20.4 Å². The zero-order valence-corrected chi connectivity index (χ0v) is 15.4. The summed E-state index contributed by atoms with van der Waals surface area (Å²) in [7, 11) is 3.20. The summed E-state index contributed by atoms with van der Waals surface area (Å²) >= 11 is 0. The van der Waals surface area contributed by atoms with E-state index in [0.29, 0.717) is 18.0 Å². The van der Waals surface area contributed by atoms with E-state index < -0.39 is 0 Å². The third kappa shape index (κ3) is 4.89. The van der Waals surface area contributed by atoms with Crippen LogP contribution in [0.15, 0.2) is 30.6 Å². The number of methoxy groups -OCH3 is 2. The molecule has 2 aromatic rings. The monoisotopic (exact) mass is 346 g/mol. The SMILES string of the molecule is COc1cc(C)c([C@H](C)NC(=O)N[C@H](C)Cn2cccn2)cc1OC. The van der Waals surface area contributed by atoms with E-state index >= 15 is 0 Å². The number of urea groups is 1. The van der Waals surface area contributed by atoms with Gasteiger partial charge in [-0.3, -0.25) is 4.68 Å². The molecule has 0 aliphatic rings. The minimum absolute atomic E-state index is 0.0430. The fourth-order valence-electron chi connectivity index (χ4n) is 2.74. The molecule has 2 atom stereocenters. The number of hydrogen-bond acceptors (Lipinski definition) is 4. The Balaban J connectivity index is 1.98. The van der Waals surface area contributed by atoms with Crippen LogP contribution in [0.1, 0.15) is 31.0 Å².